The van der Waals surface area contributed by atoms with Crippen molar-refractivity contribution in [1.82, 2.24) is 0 Å². The molecule has 0 aliphatic heterocycles. The number of rotatable bonds is 2. The van der Waals surface area contributed by atoms with Crippen LogP contribution < -0.4 is 0 Å². The van der Waals surface area contributed by atoms with Crippen LogP contribution in [0.5, 0.6) is 0 Å². The van der Waals surface area contributed by atoms with Crippen LogP contribution in [0.1, 0.15) is 47.0 Å². The number of carbonyl (C=O) groups is 1. The maximum atomic E-state index is 12.0. The Morgan fingerprint density at radius 3 is 2.29 bits per heavy atom. The fourth-order valence-electron chi connectivity index (χ4n) is 1.99. The zero-order valence-electron chi connectivity index (χ0n) is 9.84. The van der Waals surface area contributed by atoms with Crippen LogP contribution in [-0.2, 0) is 4.79 Å². The molecule has 2 atom stereocenters. The van der Waals surface area contributed by atoms with Crippen molar-refractivity contribution in [2.75, 3.05) is 0 Å². The van der Waals surface area contributed by atoms with Gasteiger partial charge in [-0.05, 0) is 25.2 Å². The maximum absolute atomic E-state index is 12.0. The van der Waals surface area contributed by atoms with Crippen LogP contribution >= 0.6 is 0 Å². The van der Waals surface area contributed by atoms with Crippen LogP contribution in [0, 0.1) is 17.3 Å². The van der Waals surface area contributed by atoms with Gasteiger partial charge in [0.05, 0.1) is 0 Å². The Labute approximate surface area is 87.6 Å². The number of allylic oxidation sites excluding steroid dienone is 2. The number of hydrogen-bond donors (Lipinski definition) is 0. The highest BCUT2D eigenvalue weighted by Gasteiger charge is 2.29. The predicted octanol–water partition coefficient (Wildman–Crippen LogP) is 3.59. The third-order valence-corrected chi connectivity index (χ3v) is 3.06. The molecule has 0 amide bonds. The second kappa shape index (κ2) is 4.29. The van der Waals surface area contributed by atoms with E-state index < -0.39 is 0 Å². The lowest BCUT2D eigenvalue weighted by molar-refractivity contribution is -0.129. The third kappa shape index (κ3) is 2.70. The molecule has 2 unspecified atom stereocenters. The van der Waals surface area contributed by atoms with Crippen molar-refractivity contribution >= 4 is 5.78 Å². The first kappa shape index (κ1) is 11.5. The van der Waals surface area contributed by atoms with Gasteiger partial charge in [-0.2, -0.15) is 0 Å². The van der Waals surface area contributed by atoms with Crippen molar-refractivity contribution in [2.45, 2.75) is 47.0 Å². The lowest BCUT2D eigenvalue weighted by Gasteiger charge is -2.26. The molecule has 1 heteroatoms. The summed E-state index contributed by atoms with van der Waals surface area (Å²) in [5.41, 5.74) is -0.186. The van der Waals surface area contributed by atoms with Gasteiger partial charge in [-0.1, -0.05) is 39.8 Å². The fourth-order valence-corrected chi connectivity index (χ4v) is 1.99. The molecule has 80 valence electrons. The van der Waals surface area contributed by atoms with E-state index in [0.717, 1.165) is 6.42 Å². The molecule has 0 radical (unpaired) electrons. The van der Waals surface area contributed by atoms with E-state index in [1.807, 2.05) is 20.8 Å². The molecule has 0 saturated heterocycles. The molecule has 1 aliphatic rings. The van der Waals surface area contributed by atoms with Gasteiger partial charge < -0.3 is 0 Å². The van der Waals surface area contributed by atoms with Crippen LogP contribution in [0.3, 0.4) is 0 Å². The first-order valence-electron chi connectivity index (χ1n) is 5.67. The number of hydrogen-bond acceptors (Lipinski definition) is 1. The van der Waals surface area contributed by atoms with Gasteiger partial charge >= 0.3 is 0 Å². The molecule has 0 N–H and O–H groups in total. The van der Waals surface area contributed by atoms with E-state index in [1.165, 1.54) is 12.8 Å². The first-order valence-corrected chi connectivity index (χ1v) is 5.67. The topological polar surface area (TPSA) is 17.1 Å². The quantitative estimate of drug-likeness (QED) is 0.614. The molecule has 1 rings (SSSR count). The number of carbonyl (C=O) groups excluding carboxylic acids is 1. The summed E-state index contributed by atoms with van der Waals surface area (Å²) in [6, 6.07) is 0. The molecule has 0 saturated carbocycles. The summed E-state index contributed by atoms with van der Waals surface area (Å²) < 4.78 is 0. The smallest absolute Gasteiger partial charge is 0.145 e. The lowest BCUT2D eigenvalue weighted by Crippen LogP contribution is -2.29. The Hall–Kier alpha value is -0.590. The Bertz CT molecular complexity index is 232. The highest BCUT2D eigenvalue weighted by molar-refractivity contribution is 5.87. The molecule has 0 spiro atoms. The normalized spacial score (nSPS) is 27.7. The summed E-state index contributed by atoms with van der Waals surface area (Å²) in [5.74, 6) is 1.28. The lowest BCUT2D eigenvalue weighted by atomic mass is 9.77. The number of Topliss-reactive ketones (excluding diaryl/α,β-unsaturated/α-hetero) is 1. The SMILES string of the molecule is CCC1C=CC(C(=O)C(C)(C)C)CC1. The first-order chi connectivity index (χ1) is 6.45. The van der Waals surface area contributed by atoms with Crippen LogP contribution in [0.15, 0.2) is 12.2 Å². The Kier molecular flexibility index (Phi) is 3.52. The molecule has 0 aromatic heterocycles. The Morgan fingerprint density at radius 1 is 1.29 bits per heavy atom. The minimum absolute atomic E-state index is 0.179. The van der Waals surface area contributed by atoms with Gasteiger partial charge in [0.1, 0.15) is 5.78 Å². The summed E-state index contributed by atoms with van der Waals surface area (Å²) in [4.78, 5) is 12.0. The monoisotopic (exact) mass is 194 g/mol. The van der Waals surface area contributed by atoms with Gasteiger partial charge in [0.25, 0.3) is 0 Å². The Morgan fingerprint density at radius 2 is 1.93 bits per heavy atom. The van der Waals surface area contributed by atoms with Crippen molar-refractivity contribution in [3.8, 4) is 0 Å². The van der Waals surface area contributed by atoms with E-state index in [2.05, 4.69) is 19.1 Å². The zero-order chi connectivity index (χ0) is 10.8. The van der Waals surface area contributed by atoms with E-state index in [4.69, 9.17) is 0 Å². The molecule has 1 aliphatic carbocycles. The van der Waals surface area contributed by atoms with Crippen molar-refractivity contribution in [1.29, 1.82) is 0 Å². The third-order valence-electron chi connectivity index (χ3n) is 3.06. The van der Waals surface area contributed by atoms with Gasteiger partial charge in [-0.15, -0.1) is 0 Å². The number of ketones is 1. The highest BCUT2D eigenvalue weighted by Crippen LogP contribution is 2.30. The van der Waals surface area contributed by atoms with Gasteiger partial charge in [-0.3, -0.25) is 4.79 Å². The van der Waals surface area contributed by atoms with E-state index in [1.54, 1.807) is 0 Å². The molecule has 0 fully saturated rings. The van der Waals surface area contributed by atoms with Crippen LogP contribution in [-0.4, -0.2) is 5.78 Å². The minimum Gasteiger partial charge on any atom is -0.298 e. The van der Waals surface area contributed by atoms with Crippen LogP contribution in [0.2, 0.25) is 0 Å². The molecular weight excluding hydrogens is 172 g/mol. The molecule has 1 nitrogen and oxygen atoms in total. The molecular formula is C13H22O. The van der Waals surface area contributed by atoms with Crippen molar-refractivity contribution in [2.24, 2.45) is 17.3 Å². The summed E-state index contributed by atoms with van der Waals surface area (Å²) >= 11 is 0. The summed E-state index contributed by atoms with van der Waals surface area (Å²) in [7, 11) is 0. The standard InChI is InChI=1S/C13H22O/c1-5-10-6-8-11(9-7-10)12(14)13(2,3)4/h6,8,10-11H,5,7,9H2,1-4H3. The van der Waals surface area contributed by atoms with E-state index in [-0.39, 0.29) is 11.3 Å². The summed E-state index contributed by atoms with van der Waals surface area (Å²) in [6.45, 7) is 8.24. The second-order valence-electron chi connectivity index (χ2n) is 5.35. The van der Waals surface area contributed by atoms with Gasteiger partial charge in [0.2, 0.25) is 0 Å². The summed E-state index contributed by atoms with van der Waals surface area (Å²) in [6.07, 6.45) is 7.79. The maximum Gasteiger partial charge on any atom is 0.145 e. The van der Waals surface area contributed by atoms with Gasteiger partial charge in [0, 0.05) is 11.3 Å². The highest BCUT2D eigenvalue weighted by atomic mass is 16.1. The van der Waals surface area contributed by atoms with Gasteiger partial charge in [-0.25, -0.2) is 0 Å². The van der Waals surface area contributed by atoms with Crippen LogP contribution in [0.4, 0.5) is 0 Å². The fraction of sp³-hybridized carbons (Fsp3) is 0.769. The van der Waals surface area contributed by atoms with Crippen molar-refractivity contribution in [3.63, 3.8) is 0 Å². The molecule has 0 aromatic carbocycles. The average molecular weight is 194 g/mol. The predicted molar refractivity (Wildman–Crippen MR) is 60.1 cm³/mol. The minimum atomic E-state index is -0.186. The van der Waals surface area contributed by atoms with Crippen LogP contribution in [0.25, 0.3) is 0 Å². The Balaban J connectivity index is 2.61. The van der Waals surface area contributed by atoms with E-state index in [9.17, 15) is 4.79 Å². The van der Waals surface area contributed by atoms with Crippen molar-refractivity contribution in [3.05, 3.63) is 12.2 Å². The largest absolute Gasteiger partial charge is 0.298 e. The molecule has 14 heavy (non-hydrogen) atoms. The van der Waals surface area contributed by atoms with E-state index >= 15 is 0 Å². The molecule has 0 bridgehead atoms. The van der Waals surface area contributed by atoms with E-state index in [0.29, 0.717) is 11.7 Å². The van der Waals surface area contributed by atoms with Gasteiger partial charge in [0.15, 0.2) is 0 Å². The molecule has 0 heterocycles. The summed E-state index contributed by atoms with van der Waals surface area (Å²) in [5, 5.41) is 0. The molecule has 0 aromatic rings. The second-order valence-corrected chi connectivity index (χ2v) is 5.35. The zero-order valence-corrected chi connectivity index (χ0v) is 9.84. The average Bonchev–Trinajstić information content (AvgIpc) is 2.15. The van der Waals surface area contributed by atoms with Crippen molar-refractivity contribution < 1.29 is 4.79 Å².